The predicted molar refractivity (Wildman–Crippen MR) is 77.6 cm³/mol. The fraction of sp³-hybridized carbons (Fsp3) is 0.0588. The van der Waals surface area contributed by atoms with E-state index >= 15 is 0 Å². The van der Waals surface area contributed by atoms with E-state index in [0.29, 0.717) is 0 Å². The van der Waals surface area contributed by atoms with Crippen molar-refractivity contribution in [1.82, 2.24) is 9.97 Å². The van der Waals surface area contributed by atoms with E-state index in [1.165, 1.54) is 27.8 Å². The van der Waals surface area contributed by atoms with Crippen molar-refractivity contribution in [3.63, 3.8) is 0 Å². The van der Waals surface area contributed by atoms with Gasteiger partial charge in [-0.2, -0.15) is 0 Å². The van der Waals surface area contributed by atoms with Crippen LogP contribution in [0.25, 0.3) is 22.3 Å². The Kier molecular flexibility index (Phi) is 3.07. The average molecular weight is 246 g/mol. The van der Waals surface area contributed by atoms with E-state index in [2.05, 4.69) is 35.1 Å². The molecule has 0 fully saturated rings. The summed E-state index contributed by atoms with van der Waals surface area (Å²) < 4.78 is 0. The Morgan fingerprint density at radius 2 is 1.05 bits per heavy atom. The molecule has 2 aromatic heterocycles. The quantitative estimate of drug-likeness (QED) is 0.679. The van der Waals surface area contributed by atoms with Gasteiger partial charge in [0.25, 0.3) is 0 Å². The molecule has 0 aliphatic heterocycles. The lowest BCUT2D eigenvalue weighted by atomic mass is 9.94. The number of aromatic nitrogens is 2. The fourth-order valence-corrected chi connectivity index (χ4v) is 2.32. The topological polar surface area (TPSA) is 25.8 Å². The van der Waals surface area contributed by atoms with Gasteiger partial charge in [-0.1, -0.05) is 18.2 Å². The Balaban J connectivity index is 2.15. The van der Waals surface area contributed by atoms with E-state index in [1.54, 1.807) is 0 Å². The first-order chi connectivity index (χ1) is 9.36. The highest BCUT2D eigenvalue weighted by molar-refractivity contribution is 5.77. The van der Waals surface area contributed by atoms with Crippen molar-refractivity contribution >= 4 is 0 Å². The average Bonchev–Trinajstić information content (AvgIpc) is 2.49. The summed E-state index contributed by atoms with van der Waals surface area (Å²) in [4.78, 5) is 8.15. The predicted octanol–water partition coefficient (Wildman–Crippen LogP) is 4.12. The molecule has 92 valence electrons. The number of pyridine rings is 2. The van der Waals surface area contributed by atoms with Gasteiger partial charge in [0.2, 0.25) is 0 Å². The van der Waals surface area contributed by atoms with E-state index in [-0.39, 0.29) is 0 Å². The van der Waals surface area contributed by atoms with Gasteiger partial charge in [0.05, 0.1) is 0 Å². The lowest BCUT2D eigenvalue weighted by molar-refractivity contribution is 1.31. The summed E-state index contributed by atoms with van der Waals surface area (Å²) >= 11 is 0. The minimum Gasteiger partial charge on any atom is -0.265 e. The Labute approximate surface area is 112 Å². The zero-order valence-corrected chi connectivity index (χ0v) is 10.7. The van der Waals surface area contributed by atoms with Gasteiger partial charge in [-0.05, 0) is 59.0 Å². The third-order valence-corrected chi connectivity index (χ3v) is 3.32. The van der Waals surface area contributed by atoms with Crippen LogP contribution in [0.4, 0.5) is 0 Å². The molecule has 0 radical (unpaired) electrons. The van der Waals surface area contributed by atoms with E-state index in [4.69, 9.17) is 0 Å². The van der Waals surface area contributed by atoms with Crippen LogP contribution in [0, 0.1) is 6.92 Å². The Hall–Kier alpha value is -2.48. The molecule has 19 heavy (non-hydrogen) atoms. The molecule has 0 amide bonds. The second kappa shape index (κ2) is 5.02. The smallest absolute Gasteiger partial charge is 0.0273 e. The largest absolute Gasteiger partial charge is 0.265 e. The molecule has 0 saturated heterocycles. The van der Waals surface area contributed by atoms with Crippen LogP contribution in [0.2, 0.25) is 0 Å². The summed E-state index contributed by atoms with van der Waals surface area (Å²) in [6.45, 7) is 2.16. The first-order valence-corrected chi connectivity index (χ1v) is 6.26. The Bertz CT molecular complexity index is 618. The SMILES string of the molecule is Cc1c(-c2ccncc2)cccc1-c1ccncc1. The zero-order chi connectivity index (χ0) is 13.1. The van der Waals surface area contributed by atoms with Gasteiger partial charge in [-0.15, -0.1) is 0 Å². The van der Waals surface area contributed by atoms with Crippen molar-refractivity contribution in [2.45, 2.75) is 6.92 Å². The third kappa shape index (κ3) is 2.25. The molecule has 0 unspecified atom stereocenters. The maximum absolute atomic E-state index is 4.07. The summed E-state index contributed by atoms with van der Waals surface area (Å²) in [6.07, 6.45) is 7.31. The van der Waals surface area contributed by atoms with Crippen molar-refractivity contribution in [1.29, 1.82) is 0 Å². The maximum Gasteiger partial charge on any atom is 0.0273 e. The second-order valence-electron chi connectivity index (χ2n) is 4.45. The van der Waals surface area contributed by atoms with Gasteiger partial charge in [-0.25, -0.2) is 0 Å². The highest BCUT2D eigenvalue weighted by Crippen LogP contribution is 2.30. The summed E-state index contributed by atoms with van der Waals surface area (Å²) in [5, 5.41) is 0. The van der Waals surface area contributed by atoms with E-state index in [9.17, 15) is 0 Å². The molecule has 0 bridgehead atoms. The van der Waals surface area contributed by atoms with Crippen LogP contribution in [-0.2, 0) is 0 Å². The van der Waals surface area contributed by atoms with Crippen molar-refractivity contribution in [3.05, 3.63) is 72.8 Å². The van der Waals surface area contributed by atoms with Crippen LogP contribution in [0.3, 0.4) is 0 Å². The van der Waals surface area contributed by atoms with Crippen LogP contribution < -0.4 is 0 Å². The van der Waals surface area contributed by atoms with Crippen molar-refractivity contribution in [3.8, 4) is 22.3 Å². The normalized spacial score (nSPS) is 10.4. The summed E-state index contributed by atoms with van der Waals surface area (Å²) in [5.74, 6) is 0. The maximum atomic E-state index is 4.07. The standard InChI is InChI=1S/C17H14N2/c1-13-16(14-5-9-18-10-6-14)3-2-4-17(13)15-7-11-19-12-8-15/h2-12H,1H3. The van der Waals surface area contributed by atoms with Crippen molar-refractivity contribution in [2.24, 2.45) is 0 Å². The summed E-state index contributed by atoms with van der Waals surface area (Å²) in [5.41, 5.74) is 6.17. The van der Waals surface area contributed by atoms with E-state index in [1.807, 2.05) is 49.1 Å². The van der Waals surface area contributed by atoms with E-state index < -0.39 is 0 Å². The molecule has 0 aliphatic rings. The molecule has 0 N–H and O–H groups in total. The van der Waals surface area contributed by atoms with Gasteiger partial charge < -0.3 is 0 Å². The molecule has 0 atom stereocenters. The molecule has 1 aromatic carbocycles. The first kappa shape index (κ1) is 11.6. The highest BCUT2D eigenvalue weighted by Gasteiger charge is 2.07. The number of rotatable bonds is 2. The van der Waals surface area contributed by atoms with Crippen LogP contribution >= 0.6 is 0 Å². The number of hydrogen-bond donors (Lipinski definition) is 0. The third-order valence-electron chi connectivity index (χ3n) is 3.32. The van der Waals surface area contributed by atoms with Crippen LogP contribution in [0.15, 0.2) is 67.3 Å². The molecule has 0 saturated carbocycles. The molecule has 2 nitrogen and oxygen atoms in total. The minimum atomic E-state index is 1.20. The van der Waals surface area contributed by atoms with Gasteiger partial charge in [0, 0.05) is 24.8 Å². The number of benzene rings is 1. The monoisotopic (exact) mass is 246 g/mol. The number of hydrogen-bond acceptors (Lipinski definition) is 2. The summed E-state index contributed by atoms with van der Waals surface area (Å²) in [7, 11) is 0. The lowest BCUT2D eigenvalue weighted by Gasteiger charge is -2.11. The summed E-state index contributed by atoms with van der Waals surface area (Å²) in [6, 6.07) is 14.6. The Morgan fingerprint density at radius 1 is 0.632 bits per heavy atom. The molecule has 2 heteroatoms. The first-order valence-electron chi connectivity index (χ1n) is 6.26. The highest BCUT2D eigenvalue weighted by atomic mass is 14.6. The minimum absolute atomic E-state index is 1.20. The fourth-order valence-electron chi connectivity index (χ4n) is 2.32. The van der Waals surface area contributed by atoms with Crippen LogP contribution in [0.1, 0.15) is 5.56 Å². The van der Waals surface area contributed by atoms with Gasteiger partial charge >= 0.3 is 0 Å². The van der Waals surface area contributed by atoms with E-state index in [0.717, 1.165) is 0 Å². The van der Waals surface area contributed by atoms with Gasteiger partial charge in [-0.3, -0.25) is 9.97 Å². The van der Waals surface area contributed by atoms with Crippen molar-refractivity contribution in [2.75, 3.05) is 0 Å². The van der Waals surface area contributed by atoms with Crippen LogP contribution in [-0.4, -0.2) is 9.97 Å². The molecule has 2 heterocycles. The zero-order valence-electron chi connectivity index (χ0n) is 10.7. The lowest BCUT2D eigenvalue weighted by Crippen LogP contribution is -1.88. The molecule has 0 spiro atoms. The van der Waals surface area contributed by atoms with Crippen LogP contribution in [0.5, 0.6) is 0 Å². The molecule has 3 rings (SSSR count). The molecule has 3 aromatic rings. The number of nitrogens with zero attached hydrogens (tertiary/aromatic N) is 2. The van der Waals surface area contributed by atoms with Gasteiger partial charge in [0.15, 0.2) is 0 Å². The molecule has 0 aliphatic carbocycles. The van der Waals surface area contributed by atoms with Crippen molar-refractivity contribution < 1.29 is 0 Å². The Morgan fingerprint density at radius 3 is 1.47 bits per heavy atom. The van der Waals surface area contributed by atoms with Gasteiger partial charge in [0.1, 0.15) is 0 Å². The second-order valence-corrected chi connectivity index (χ2v) is 4.45. The molecular formula is C17H14N2. The molecular weight excluding hydrogens is 232 g/mol.